The van der Waals surface area contributed by atoms with Crippen LogP contribution < -0.4 is 10.6 Å². The van der Waals surface area contributed by atoms with Gasteiger partial charge in [-0.05, 0) is 19.1 Å². The van der Waals surface area contributed by atoms with Gasteiger partial charge in [-0.25, -0.2) is 4.98 Å². The summed E-state index contributed by atoms with van der Waals surface area (Å²) >= 11 is 1.25. The second-order valence-corrected chi connectivity index (χ2v) is 6.74. The SMILES string of the molecule is Cc1nc(N)sc1C(=O)N1CCN(c2nc3ccccc3o2)CC1. The molecule has 3 aromatic rings. The van der Waals surface area contributed by atoms with Crippen LogP contribution in [0.5, 0.6) is 0 Å². The Hall–Kier alpha value is -2.61. The third kappa shape index (κ3) is 2.58. The molecule has 2 N–H and O–H groups in total. The minimum Gasteiger partial charge on any atom is -0.423 e. The number of benzene rings is 1. The Labute approximate surface area is 142 Å². The molecule has 0 saturated carbocycles. The fourth-order valence-electron chi connectivity index (χ4n) is 2.86. The van der Waals surface area contributed by atoms with E-state index in [1.165, 1.54) is 11.3 Å². The molecule has 1 fully saturated rings. The van der Waals surface area contributed by atoms with E-state index in [0.717, 1.165) is 11.1 Å². The molecule has 1 aliphatic rings. The molecular weight excluding hydrogens is 326 g/mol. The summed E-state index contributed by atoms with van der Waals surface area (Å²) in [5.41, 5.74) is 8.02. The van der Waals surface area contributed by atoms with E-state index in [9.17, 15) is 4.79 Å². The largest absolute Gasteiger partial charge is 0.423 e. The molecule has 1 aliphatic heterocycles. The highest BCUT2D eigenvalue weighted by atomic mass is 32.1. The highest BCUT2D eigenvalue weighted by Gasteiger charge is 2.27. The van der Waals surface area contributed by atoms with E-state index >= 15 is 0 Å². The second-order valence-electron chi connectivity index (χ2n) is 5.71. The summed E-state index contributed by atoms with van der Waals surface area (Å²) in [5.74, 6) is -0.00100. The van der Waals surface area contributed by atoms with Gasteiger partial charge in [0.05, 0.1) is 5.69 Å². The summed E-state index contributed by atoms with van der Waals surface area (Å²) in [6.45, 7) is 4.43. The Morgan fingerprint density at radius 2 is 1.96 bits per heavy atom. The Morgan fingerprint density at radius 1 is 1.21 bits per heavy atom. The van der Waals surface area contributed by atoms with Crippen molar-refractivity contribution < 1.29 is 9.21 Å². The van der Waals surface area contributed by atoms with Crippen molar-refractivity contribution in [2.75, 3.05) is 36.8 Å². The van der Waals surface area contributed by atoms with Crippen LogP contribution in [-0.4, -0.2) is 47.0 Å². The van der Waals surface area contributed by atoms with Gasteiger partial charge in [0, 0.05) is 26.2 Å². The Bertz CT molecular complexity index is 862. The first-order valence-corrected chi connectivity index (χ1v) is 8.56. The average molecular weight is 343 g/mol. The van der Waals surface area contributed by atoms with Crippen molar-refractivity contribution in [3.63, 3.8) is 0 Å². The Kier molecular flexibility index (Phi) is 3.61. The van der Waals surface area contributed by atoms with E-state index in [1.54, 1.807) is 0 Å². The summed E-state index contributed by atoms with van der Waals surface area (Å²) in [5, 5.41) is 0.431. The highest BCUT2D eigenvalue weighted by Crippen LogP contribution is 2.25. The molecule has 1 amide bonds. The number of anilines is 2. The smallest absolute Gasteiger partial charge is 0.298 e. The number of nitrogens with two attached hydrogens (primary N) is 1. The van der Waals surface area contributed by atoms with Gasteiger partial charge >= 0.3 is 0 Å². The molecule has 124 valence electrons. The molecule has 0 atom stereocenters. The molecule has 0 radical (unpaired) electrons. The van der Waals surface area contributed by atoms with E-state index in [0.29, 0.717) is 47.9 Å². The van der Waals surface area contributed by atoms with Crippen molar-refractivity contribution in [2.45, 2.75) is 6.92 Å². The zero-order valence-corrected chi connectivity index (χ0v) is 14.0. The number of nitrogen functional groups attached to an aromatic ring is 1. The third-order valence-electron chi connectivity index (χ3n) is 4.13. The summed E-state index contributed by atoms with van der Waals surface area (Å²) < 4.78 is 5.80. The lowest BCUT2D eigenvalue weighted by molar-refractivity contribution is 0.0749. The monoisotopic (exact) mass is 343 g/mol. The van der Waals surface area contributed by atoms with Crippen molar-refractivity contribution in [1.82, 2.24) is 14.9 Å². The first-order valence-electron chi connectivity index (χ1n) is 7.74. The lowest BCUT2D eigenvalue weighted by Crippen LogP contribution is -2.48. The van der Waals surface area contributed by atoms with Crippen LogP contribution in [0.3, 0.4) is 0 Å². The predicted molar refractivity (Wildman–Crippen MR) is 93.4 cm³/mol. The second kappa shape index (κ2) is 5.79. The van der Waals surface area contributed by atoms with Gasteiger partial charge in [-0.2, -0.15) is 4.98 Å². The minimum atomic E-state index is -0.00100. The number of thiazole rings is 1. The summed E-state index contributed by atoms with van der Waals surface area (Å²) in [7, 11) is 0. The van der Waals surface area contributed by atoms with E-state index < -0.39 is 0 Å². The highest BCUT2D eigenvalue weighted by molar-refractivity contribution is 7.17. The van der Waals surface area contributed by atoms with Gasteiger partial charge in [0.15, 0.2) is 10.7 Å². The molecule has 7 nitrogen and oxygen atoms in total. The zero-order chi connectivity index (χ0) is 16.7. The van der Waals surface area contributed by atoms with E-state index in [4.69, 9.17) is 10.2 Å². The van der Waals surface area contributed by atoms with Crippen LogP contribution in [0.1, 0.15) is 15.4 Å². The minimum absolute atomic E-state index is 0.00100. The molecular formula is C16H17N5O2S. The number of fused-ring (bicyclic) bond motifs is 1. The van der Waals surface area contributed by atoms with Gasteiger partial charge in [0.1, 0.15) is 10.4 Å². The maximum atomic E-state index is 12.6. The Balaban J connectivity index is 1.46. The number of hydrogen-bond donors (Lipinski definition) is 1. The number of oxazole rings is 1. The maximum Gasteiger partial charge on any atom is 0.298 e. The van der Waals surface area contributed by atoms with E-state index in [1.807, 2.05) is 36.1 Å². The Morgan fingerprint density at radius 3 is 2.62 bits per heavy atom. The van der Waals surface area contributed by atoms with Crippen molar-refractivity contribution in [2.24, 2.45) is 0 Å². The van der Waals surface area contributed by atoms with Gasteiger partial charge in [0.2, 0.25) is 0 Å². The molecule has 0 aliphatic carbocycles. The molecule has 1 aromatic carbocycles. The van der Waals surface area contributed by atoms with Gasteiger partial charge in [0.25, 0.3) is 11.9 Å². The van der Waals surface area contributed by atoms with Crippen molar-refractivity contribution in [3.05, 3.63) is 34.8 Å². The summed E-state index contributed by atoms with van der Waals surface area (Å²) in [6.07, 6.45) is 0. The number of nitrogens with zero attached hydrogens (tertiary/aromatic N) is 4. The average Bonchev–Trinajstić information content (AvgIpc) is 3.17. The normalized spacial score (nSPS) is 15.2. The van der Waals surface area contributed by atoms with Gasteiger partial charge in [-0.3, -0.25) is 4.79 Å². The zero-order valence-electron chi connectivity index (χ0n) is 13.2. The van der Waals surface area contributed by atoms with Crippen molar-refractivity contribution >= 4 is 39.5 Å². The van der Waals surface area contributed by atoms with E-state index in [2.05, 4.69) is 14.9 Å². The maximum absolute atomic E-state index is 12.6. The number of carbonyl (C=O) groups excluding carboxylic acids is 1. The summed E-state index contributed by atoms with van der Waals surface area (Å²) in [6, 6.07) is 8.31. The standard InChI is InChI=1S/C16H17N5O2S/c1-10-13(24-15(17)18-10)14(22)20-6-8-21(9-7-20)16-19-11-4-2-3-5-12(11)23-16/h2-5H,6-9H2,1H3,(H2,17,18). The van der Waals surface area contributed by atoms with Crippen LogP contribution in [-0.2, 0) is 0 Å². The number of hydrogen-bond acceptors (Lipinski definition) is 7. The van der Waals surface area contributed by atoms with Crippen molar-refractivity contribution in [1.29, 1.82) is 0 Å². The predicted octanol–water partition coefficient (Wildman–Crippen LogP) is 2.14. The van der Waals surface area contributed by atoms with E-state index in [-0.39, 0.29) is 5.91 Å². The molecule has 4 rings (SSSR count). The molecule has 0 bridgehead atoms. The molecule has 0 spiro atoms. The molecule has 1 saturated heterocycles. The van der Waals surface area contributed by atoms with Gasteiger partial charge < -0.3 is 20.0 Å². The molecule has 8 heteroatoms. The molecule has 2 aromatic heterocycles. The molecule has 0 unspecified atom stereocenters. The first kappa shape index (κ1) is 14.9. The number of aryl methyl sites for hydroxylation is 1. The number of aromatic nitrogens is 2. The lowest BCUT2D eigenvalue weighted by Gasteiger charge is -2.33. The fourth-order valence-corrected chi connectivity index (χ4v) is 3.66. The van der Waals surface area contributed by atoms with Crippen LogP contribution in [0.15, 0.2) is 28.7 Å². The number of carbonyl (C=O) groups is 1. The molecule has 24 heavy (non-hydrogen) atoms. The fraction of sp³-hybridized carbons (Fsp3) is 0.312. The topological polar surface area (TPSA) is 88.5 Å². The number of piperazine rings is 1. The number of para-hydroxylation sites is 2. The van der Waals surface area contributed by atoms with Crippen LogP contribution in [0.4, 0.5) is 11.1 Å². The molecule has 3 heterocycles. The number of amides is 1. The van der Waals surface area contributed by atoms with Crippen molar-refractivity contribution in [3.8, 4) is 0 Å². The van der Waals surface area contributed by atoms with Gasteiger partial charge in [-0.1, -0.05) is 23.5 Å². The van der Waals surface area contributed by atoms with Crippen LogP contribution in [0, 0.1) is 6.92 Å². The lowest BCUT2D eigenvalue weighted by atomic mass is 10.3. The van der Waals surface area contributed by atoms with Crippen LogP contribution in [0.2, 0.25) is 0 Å². The van der Waals surface area contributed by atoms with Crippen LogP contribution in [0.25, 0.3) is 11.1 Å². The first-order chi connectivity index (χ1) is 11.6. The number of rotatable bonds is 2. The van der Waals surface area contributed by atoms with Gasteiger partial charge in [-0.15, -0.1) is 0 Å². The summed E-state index contributed by atoms with van der Waals surface area (Å²) in [4.78, 5) is 25.8. The quantitative estimate of drug-likeness (QED) is 0.767. The van der Waals surface area contributed by atoms with Crippen LogP contribution >= 0.6 is 11.3 Å². The third-order valence-corrected chi connectivity index (χ3v) is 5.10.